The molecule has 0 bridgehead atoms. The van der Waals surface area contributed by atoms with Crippen molar-refractivity contribution in [2.24, 2.45) is 0 Å². The maximum Gasteiger partial charge on any atom is 0.277 e. The Bertz CT molecular complexity index is 658. The van der Waals surface area contributed by atoms with E-state index >= 15 is 0 Å². The highest BCUT2D eigenvalue weighted by Gasteiger charge is 2.29. The number of aromatic nitrogens is 2. The SMILES string of the molecule is O=C(CSc1nnc(C2CC2)o1)NCCc1ccccc1F. The lowest BCUT2D eigenvalue weighted by atomic mass is 10.1. The van der Waals surface area contributed by atoms with Crippen LogP contribution < -0.4 is 5.32 Å². The average molecular weight is 321 g/mol. The maximum atomic E-state index is 13.4. The van der Waals surface area contributed by atoms with Gasteiger partial charge in [-0.3, -0.25) is 4.79 Å². The molecule has 1 saturated carbocycles. The summed E-state index contributed by atoms with van der Waals surface area (Å²) < 4.78 is 18.9. The van der Waals surface area contributed by atoms with Gasteiger partial charge < -0.3 is 9.73 Å². The van der Waals surface area contributed by atoms with Gasteiger partial charge in [0.2, 0.25) is 11.8 Å². The number of carbonyl (C=O) groups is 1. The van der Waals surface area contributed by atoms with E-state index < -0.39 is 0 Å². The van der Waals surface area contributed by atoms with Crippen molar-refractivity contribution in [1.82, 2.24) is 15.5 Å². The van der Waals surface area contributed by atoms with Gasteiger partial charge in [0.05, 0.1) is 5.75 Å². The molecule has 1 aromatic carbocycles. The van der Waals surface area contributed by atoms with Gasteiger partial charge >= 0.3 is 0 Å². The Balaban J connectivity index is 1.38. The largest absolute Gasteiger partial charge is 0.416 e. The molecule has 0 spiro atoms. The molecule has 0 aliphatic heterocycles. The zero-order valence-corrected chi connectivity index (χ0v) is 12.7. The summed E-state index contributed by atoms with van der Waals surface area (Å²) in [6.07, 6.45) is 2.67. The number of hydrogen-bond donors (Lipinski definition) is 1. The van der Waals surface area contributed by atoms with Gasteiger partial charge in [0.25, 0.3) is 5.22 Å². The second-order valence-electron chi connectivity index (χ2n) is 5.16. The molecule has 1 heterocycles. The topological polar surface area (TPSA) is 68.0 Å². The molecular weight excluding hydrogens is 305 g/mol. The predicted molar refractivity (Wildman–Crippen MR) is 80.1 cm³/mol. The third kappa shape index (κ3) is 4.07. The summed E-state index contributed by atoms with van der Waals surface area (Å²) in [5, 5.41) is 11.0. The van der Waals surface area contributed by atoms with Crippen LogP contribution in [0, 0.1) is 5.82 Å². The highest BCUT2D eigenvalue weighted by Crippen LogP contribution is 2.39. The molecule has 1 aromatic heterocycles. The first-order valence-corrected chi connectivity index (χ1v) is 8.17. The molecule has 1 aliphatic carbocycles. The highest BCUT2D eigenvalue weighted by atomic mass is 32.2. The minimum Gasteiger partial charge on any atom is -0.416 e. The third-order valence-electron chi connectivity index (χ3n) is 3.35. The van der Waals surface area contributed by atoms with Crippen LogP contribution in [-0.4, -0.2) is 28.4 Å². The first-order valence-electron chi connectivity index (χ1n) is 7.18. The van der Waals surface area contributed by atoms with Gasteiger partial charge in [0.15, 0.2) is 0 Å². The number of nitrogens with zero attached hydrogens (tertiary/aromatic N) is 2. The average Bonchev–Trinajstić information content (AvgIpc) is 3.26. The number of amides is 1. The van der Waals surface area contributed by atoms with Crippen LogP contribution in [0.5, 0.6) is 0 Å². The molecule has 0 atom stereocenters. The van der Waals surface area contributed by atoms with Crippen molar-refractivity contribution in [2.75, 3.05) is 12.3 Å². The summed E-state index contributed by atoms with van der Waals surface area (Å²) in [4.78, 5) is 11.7. The Kier molecular flexibility index (Phi) is 4.72. The molecule has 22 heavy (non-hydrogen) atoms. The number of nitrogens with one attached hydrogen (secondary N) is 1. The van der Waals surface area contributed by atoms with Gasteiger partial charge in [0, 0.05) is 12.5 Å². The van der Waals surface area contributed by atoms with Crippen molar-refractivity contribution in [1.29, 1.82) is 0 Å². The zero-order chi connectivity index (χ0) is 15.4. The number of benzene rings is 1. The Hall–Kier alpha value is -1.89. The summed E-state index contributed by atoms with van der Waals surface area (Å²) >= 11 is 1.22. The zero-order valence-electron chi connectivity index (χ0n) is 11.9. The second kappa shape index (κ2) is 6.91. The van der Waals surface area contributed by atoms with Crippen molar-refractivity contribution >= 4 is 17.7 Å². The van der Waals surface area contributed by atoms with E-state index in [-0.39, 0.29) is 17.5 Å². The number of carbonyl (C=O) groups excluding carboxylic acids is 1. The summed E-state index contributed by atoms with van der Waals surface area (Å²) in [6.45, 7) is 0.400. The van der Waals surface area contributed by atoms with Crippen molar-refractivity contribution in [2.45, 2.75) is 30.4 Å². The number of hydrogen-bond acceptors (Lipinski definition) is 5. The van der Waals surface area contributed by atoms with E-state index in [1.54, 1.807) is 18.2 Å². The summed E-state index contributed by atoms with van der Waals surface area (Å²) in [5.74, 6) is 0.917. The van der Waals surface area contributed by atoms with E-state index in [4.69, 9.17) is 4.42 Å². The van der Waals surface area contributed by atoms with Gasteiger partial charge in [-0.1, -0.05) is 30.0 Å². The van der Waals surface area contributed by atoms with Crippen LogP contribution in [-0.2, 0) is 11.2 Å². The van der Waals surface area contributed by atoms with Crippen molar-refractivity contribution in [3.05, 3.63) is 41.5 Å². The molecule has 0 radical (unpaired) electrons. The fraction of sp³-hybridized carbons (Fsp3) is 0.400. The maximum absolute atomic E-state index is 13.4. The minimum absolute atomic E-state index is 0.132. The monoisotopic (exact) mass is 321 g/mol. The van der Waals surface area contributed by atoms with Gasteiger partial charge in [0.1, 0.15) is 5.82 Å². The number of halogens is 1. The van der Waals surface area contributed by atoms with Gasteiger partial charge in [-0.15, -0.1) is 10.2 Å². The Labute approximate surface area is 131 Å². The number of thioether (sulfide) groups is 1. The van der Waals surface area contributed by atoms with Crippen molar-refractivity contribution in [3.63, 3.8) is 0 Å². The Morgan fingerprint density at radius 1 is 1.36 bits per heavy atom. The summed E-state index contributed by atoms with van der Waals surface area (Å²) in [7, 11) is 0. The van der Waals surface area contributed by atoms with E-state index in [0.29, 0.717) is 35.6 Å². The molecule has 2 aromatic rings. The molecule has 1 N–H and O–H groups in total. The van der Waals surface area contributed by atoms with E-state index in [9.17, 15) is 9.18 Å². The smallest absolute Gasteiger partial charge is 0.277 e. The first kappa shape index (κ1) is 15.0. The fourth-order valence-corrected chi connectivity index (χ4v) is 2.59. The Morgan fingerprint density at radius 2 is 2.18 bits per heavy atom. The van der Waals surface area contributed by atoms with E-state index in [0.717, 1.165) is 12.8 Å². The molecule has 3 rings (SSSR count). The fourth-order valence-electron chi connectivity index (χ4n) is 1.99. The highest BCUT2D eigenvalue weighted by molar-refractivity contribution is 7.99. The lowest BCUT2D eigenvalue weighted by Gasteiger charge is -2.05. The molecular formula is C15H16FN3O2S. The van der Waals surface area contributed by atoms with Crippen LogP contribution in [0.3, 0.4) is 0 Å². The van der Waals surface area contributed by atoms with Gasteiger partial charge in [-0.05, 0) is 30.9 Å². The van der Waals surface area contributed by atoms with Crippen molar-refractivity contribution in [3.8, 4) is 0 Å². The van der Waals surface area contributed by atoms with Crippen LogP contribution >= 0.6 is 11.8 Å². The molecule has 0 unspecified atom stereocenters. The second-order valence-corrected chi connectivity index (χ2v) is 6.09. The standard InChI is InChI=1S/C15H16FN3O2S/c16-12-4-2-1-3-10(12)7-8-17-13(20)9-22-15-19-18-14(21-15)11-5-6-11/h1-4,11H,5-9H2,(H,17,20). The molecule has 1 amide bonds. The molecule has 0 saturated heterocycles. The van der Waals surface area contributed by atoms with Gasteiger partial charge in [-0.2, -0.15) is 0 Å². The van der Waals surface area contributed by atoms with Crippen LogP contribution in [0.2, 0.25) is 0 Å². The number of rotatable bonds is 7. The molecule has 1 fully saturated rings. The van der Waals surface area contributed by atoms with E-state index in [1.807, 2.05) is 0 Å². The first-order chi connectivity index (χ1) is 10.7. The predicted octanol–water partition coefficient (Wildman–Crippen LogP) is 2.54. The lowest BCUT2D eigenvalue weighted by Crippen LogP contribution is -2.27. The molecule has 5 nitrogen and oxygen atoms in total. The normalized spacial score (nSPS) is 14.0. The van der Waals surface area contributed by atoms with E-state index in [1.165, 1.54) is 17.8 Å². The molecule has 116 valence electrons. The van der Waals surface area contributed by atoms with E-state index in [2.05, 4.69) is 15.5 Å². The third-order valence-corrected chi connectivity index (χ3v) is 4.17. The lowest BCUT2D eigenvalue weighted by molar-refractivity contribution is -0.118. The Morgan fingerprint density at radius 3 is 2.95 bits per heavy atom. The van der Waals surface area contributed by atoms with Crippen molar-refractivity contribution < 1.29 is 13.6 Å². The van der Waals surface area contributed by atoms with Gasteiger partial charge in [-0.25, -0.2) is 4.39 Å². The quantitative estimate of drug-likeness (QED) is 0.794. The van der Waals surface area contributed by atoms with Crippen LogP contribution in [0.15, 0.2) is 33.9 Å². The minimum atomic E-state index is -0.246. The molecule has 1 aliphatic rings. The summed E-state index contributed by atoms with van der Waals surface area (Å²) in [6, 6.07) is 6.56. The summed E-state index contributed by atoms with van der Waals surface area (Å²) in [5.41, 5.74) is 0.599. The van der Waals surface area contributed by atoms with Crippen LogP contribution in [0.4, 0.5) is 4.39 Å². The molecule has 7 heteroatoms. The van der Waals surface area contributed by atoms with Crippen LogP contribution in [0.1, 0.15) is 30.2 Å². The van der Waals surface area contributed by atoms with Crippen LogP contribution in [0.25, 0.3) is 0 Å².